The molecule has 1 fully saturated rings. The summed E-state index contributed by atoms with van der Waals surface area (Å²) in [5, 5.41) is 12.0. The van der Waals surface area contributed by atoms with Crippen LogP contribution in [0.3, 0.4) is 0 Å². The van der Waals surface area contributed by atoms with Gasteiger partial charge >= 0.3 is 0 Å². The number of hydrogen-bond acceptors (Lipinski definition) is 4. The summed E-state index contributed by atoms with van der Waals surface area (Å²) in [7, 11) is -3.60. The van der Waals surface area contributed by atoms with E-state index in [1.807, 2.05) is 6.07 Å². The monoisotopic (exact) mass is 251 g/mol. The van der Waals surface area contributed by atoms with E-state index < -0.39 is 10.0 Å². The van der Waals surface area contributed by atoms with Gasteiger partial charge in [0.05, 0.1) is 10.5 Å². The SMILES string of the molecule is N#Cc1ccccc1S(=O)(=O)N[C@H]1CCNC1. The highest BCUT2D eigenvalue weighted by molar-refractivity contribution is 7.89. The maximum atomic E-state index is 12.1. The molecule has 1 aromatic rings. The Labute approximate surface area is 101 Å². The molecule has 0 aliphatic carbocycles. The van der Waals surface area contributed by atoms with E-state index in [1.165, 1.54) is 12.1 Å². The molecule has 0 radical (unpaired) electrons. The van der Waals surface area contributed by atoms with Crippen molar-refractivity contribution < 1.29 is 8.42 Å². The third kappa shape index (κ3) is 2.64. The lowest BCUT2D eigenvalue weighted by Crippen LogP contribution is -2.36. The zero-order valence-corrected chi connectivity index (χ0v) is 10.00. The fraction of sp³-hybridized carbons (Fsp3) is 0.364. The molecule has 0 saturated carbocycles. The molecule has 0 amide bonds. The van der Waals surface area contributed by atoms with Crippen LogP contribution in [0.25, 0.3) is 0 Å². The Hall–Kier alpha value is -1.42. The summed E-state index contributed by atoms with van der Waals surface area (Å²) in [6.07, 6.45) is 0.772. The van der Waals surface area contributed by atoms with Gasteiger partial charge < -0.3 is 5.32 Å². The van der Waals surface area contributed by atoms with Crippen LogP contribution in [0.4, 0.5) is 0 Å². The Morgan fingerprint density at radius 1 is 1.41 bits per heavy atom. The number of nitrogens with zero attached hydrogens (tertiary/aromatic N) is 1. The van der Waals surface area contributed by atoms with Gasteiger partial charge in [0.2, 0.25) is 10.0 Å². The smallest absolute Gasteiger partial charge is 0.242 e. The van der Waals surface area contributed by atoms with Crippen LogP contribution in [0, 0.1) is 11.3 Å². The summed E-state index contributed by atoms with van der Waals surface area (Å²) in [5.41, 5.74) is 0.172. The van der Waals surface area contributed by atoms with Crippen molar-refractivity contribution in [2.45, 2.75) is 17.4 Å². The van der Waals surface area contributed by atoms with Crippen molar-refractivity contribution in [3.8, 4) is 6.07 Å². The van der Waals surface area contributed by atoms with Crippen LogP contribution in [0.5, 0.6) is 0 Å². The molecule has 1 heterocycles. The van der Waals surface area contributed by atoms with E-state index in [1.54, 1.807) is 12.1 Å². The normalized spacial score (nSPS) is 20.1. The quantitative estimate of drug-likeness (QED) is 0.804. The van der Waals surface area contributed by atoms with Gasteiger partial charge in [0.25, 0.3) is 0 Å². The highest BCUT2D eigenvalue weighted by Gasteiger charge is 2.24. The minimum absolute atomic E-state index is 0.0504. The van der Waals surface area contributed by atoms with Gasteiger partial charge in [0.1, 0.15) is 6.07 Å². The first-order valence-corrected chi connectivity index (χ1v) is 6.84. The predicted octanol–water partition coefficient (Wildman–Crippen LogP) is 0.198. The van der Waals surface area contributed by atoms with E-state index in [2.05, 4.69) is 10.0 Å². The maximum Gasteiger partial charge on any atom is 0.242 e. The van der Waals surface area contributed by atoms with Crippen molar-refractivity contribution in [2.75, 3.05) is 13.1 Å². The Kier molecular flexibility index (Phi) is 3.43. The molecule has 17 heavy (non-hydrogen) atoms. The van der Waals surface area contributed by atoms with Gasteiger partial charge in [-0.2, -0.15) is 5.26 Å². The largest absolute Gasteiger partial charge is 0.315 e. The molecule has 1 saturated heterocycles. The van der Waals surface area contributed by atoms with Crippen LogP contribution in [0.2, 0.25) is 0 Å². The molecular formula is C11H13N3O2S. The second kappa shape index (κ2) is 4.84. The van der Waals surface area contributed by atoms with Gasteiger partial charge in [-0.3, -0.25) is 0 Å². The second-order valence-corrected chi connectivity index (χ2v) is 5.60. The third-order valence-corrected chi connectivity index (χ3v) is 4.26. The van der Waals surface area contributed by atoms with Crippen molar-refractivity contribution in [2.24, 2.45) is 0 Å². The fourth-order valence-electron chi connectivity index (χ4n) is 1.83. The van der Waals surface area contributed by atoms with Gasteiger partial charge in [-0.25, -0.2) is 13.1 Å². The van der Waals surface area contributed by atoms with Crippen LogP contribution in [-0.4, -0.2) is 27.5 Å². The van der Waals surface area contributed by atoms with E-state index in [0.29, 0.717) is 6.54 Å². The van der Waals surface area contributed by atoms with E-state index in [9.17, 15) is 8.42 Å². The molecule has 0 bridgehead atoms. The molecule has 5 nitrogen and oxygen atoms in total. The number of rotatable bonds is 3. The average Bonchev–Trinajstić information content (AvgIpc) is 2.81. The predicted molar refractivity (Wildman–Crippen MR) is 62.8 cm³/mol. The molecule has 90 valence electrons. The topological polar surface area (TPSA) is 82.0 Å². The minimum Gasteiger partial charge on any atom is -0.315 e. The molecule has 1 atom stereocenters. The zero-order valence-electron chi connectivity index (χ0n) is 9.18. The maximum absolute atomic E-state index is 12.1. The van der Waals surface area contributed by atoms with Crippen molar-refractivity contribution in [1.29, 1.82) is 5.26 Å². The number of sulfonamides is 1. The molecule has 2 N–H and O–H groups in total. The van der Waals surface area contributed by atoms with Gasteiger partial charge in [-0.15, -0.1) is 0 Å². The van der Waals surface area contributed by atoms with Crippen LogP contribution in [-0.2, 0) is 10.0 Å². The molecule has 0 unspecified atom stereocenters. The average molecular weight is 251 g/mol. The van der Waals surface area contributed by atoms with Crippen LogP contribution in [0.15, 0.2) is 29.2 Å². The van der Waals surface area contributed by atoms with E-state index >= 15 is 0 Å². The number of nitriles is 1. The lowest BCUT2D eigenvalue weighted by molar-refractivity contribution is 0.560. The fourth-order valence-corrected chi connectivity index (χ4v) is 3.26. The first-order valence-electron chi connectivity index (χ1n) is 5.35. The van der Waals surface area contributed by atoms with Crippen LogP contribution in [0.1, 0.15) is 12.0 Å². The number of hydrogen-bond donors (Lipinski definition) is 2. The first kappa shape index (κ1) is 12.0. The Morgan fingerprint density at radius 3 is 2.82 bits per heavy atom. The molecule has 2 rings (SSSR count). The molecule has 6 heteroatoms. The van der Waals surface area contributed by atoms with Crippen molar-refractivity contribution in [3.05, 3.63) is 29.8 Å². The highest BCUT2D eigenvalue weighted by atomic mass is 32.2. The Morgan fingerprint density at radius 2 is 2.18 bits per heavy atom. The van der Waals surface area contributed by atoms with Gasteiger partial charge in [-0.1, -0.05) is 12.1 Å². The van der Waals surface area contributed by atoms with Gasteiger partial charge in [0, 0.05) is 12.6 Å². The Bertz CT molecular complexity index is 542. The standard InChI is InChI=1S/C11H13N3O2S/c12-7-9-3-1-2-4-11(9)17(15,16)14-10-5-6-13-8-10/h1-4,10,13-14H,5-6,8H2/t10-/m0/s1. The van der Waals surface area contributed by atoms with Crippen LogP contribution >= 0.6 is 0 Å². The molecule has 0 spiro atoms. The molecular weight excluding hydrogens is 238 g/mol. The third-order valence-electron chi connectivity index (χ3n) is 2.68. The zero-order chi connectivity index (χ0) is 12.3. The summed E-state index contributed by atoms with van der Waals surface area (Å²) in [6.45, 7) is 1.45. The summed E-state index contributed by atoms with van der Waals surface area (Å²) in [5.74, 6) is 0. The molecule has 1 aliphatic rings. The molecule has 1 aromatic carbocycles. The summed E-state index contributed by atoms with van der Waals surface area (Å²) in [6, 6.07) is 8.01. The highest BCUT2D eigenvalue weighted by Crippen LogP contribution is 2.15. The van der Waals surface area contributed by atoms with E-state index in [4.69, 9.17) is 5.26 Å². The second-order valence-electron chi connectivity index (χ2n) is 3.92. The van der Waals surface area contributed by atoms with Gasteiger partial charge in [-0.05, 0) is 25.1 Å². The van der Waals surface area contributed by atoms with Crippen molar-refractivity contribution >= 4 is 10.0 Å². The number of nitrogens with one attached hydrogen (secondary N) is 2. The first-order chi connectivity index (χ1) is 8.13. The minimum atomic E-state index is -3.60. The van der Waals surface area contributed by atoms with E-state index in [0.717, 1.165) is 13.0 Å². The summed E-state index contributed by atoms with van der Waals surface area (Å²) < 4.78 is 26.8. The van der Waals surface area contributed by atoms with Crippen molar-refractivity contribution in [3.63, 3.8) is 0 Å². The molecule has 1 aliphatic heterocycles. The van der Waals surface area contributed by atoms with Crippen molar-refractivity contribution in [1.82, 2.24) is 10.0 Å². The van der Waals surface area contributed by atoms with Gasteiger partial charge in [0.15, 0.2) is 0 Å². The summed E-state index contributed by atoms with van der Waals surface area (Å²) >= 11 is 0. The summed E-state index contributed by atoms with van der Waals surface area (Å²) in [4.78, 5) is 0.0504. The molecule has 0 aromatic heterocycles. The lowest BCUT2D eigenvalue weighted by Gasteiger charge is -2.12. The lowest BCUT2D eigenvalue weighted by atomic mass is 10.2. The van der Waals surface area contributed by atoms with E-state index in [-0.39, 0.29) is 16.5 Å². The Balaban J connectivity index is 2.28. The number of benzene rings is 1. The van der Waals surface area contributed by atoms with Crippen LogP contribution < -0.4 is 10.0 Å².